The Labute approximate surface area is 49.6 Å². The van der Waals surface area contributed by atoms with E-state index in [1.807, 2.05) is 6.92 Å². The molecule has 1 atom stereocenters. The Balaban J connectivity index is 0. The van der Waals surface area contributed by atoms with E-state index in [2.05, 4.69) is 0 Å². The van der Waals surface area contributed by atoms with Crippen LogP contribution in [0.5, 0.6) is 0 Å². The first-order valence-electron chi connectivity index (χ1n) is 2.53. The molecule has 0 aliphatic heterocycles. The largest absolute Gasteiger partial charge is 0.412 e. The quantitative estimate of drug-likeness (QED) is 0.552. The topological polar surface area (TPSA) is 61.0 Å². The molecule has 3 N–H and O–H groups in total. The van der Waals surface area contributed by atoms with E-state index < -0.39 is 0 Å². The van der Waals surface area contributed by atoms with Crippen molar-refractivity contribution < 1.29 is 15.3 Å². The second-order valence-electron chi connectivity index (χ2n) is 1.51. The van der Waals surface area contributed by atoms with E-state index in [1.54, 1.807) is 6.92 Å². The maximum absolute atomic E-state index is 8.56. The Bertz CT molecular complexity index is 36.7. The van der Waals surface area contributed by atoms with Gasteiger partial charge in [-0.2, -0.15) is 0 Å². The van der Waals surface area contributed by atoms with Gasteiger partial charge in [-0.3, -0.25) is 0 Å². The Morgan fingerprint density at radius 3 is 2.25 bits per heavy atom. The Morgan fingerprint density at radius 1 is 1.62 bits per heavy atom. The van der Waals surface area contributed by atoms with Gasteiger partial charge in [0, 0.05) is 6.61 Å². The third-order valence-corrected chi connectivity index (χ3v) is 0.563. The molecular weight excluding hydrogens is 108 g/mol. The second kappa shape index (κ2) is 6.88. The van der Waals surface area contributed by atoms with Crippen LogP contribution in [0.2, 0.25) is 0 Å². The van der Waals surface area contributed by atoms with Crippen LogP contribution in [0.1, 0.15) is 13.8 Å². The van der Waals surface area contributed by atoms with Gasteiger partial charge in [-0.05, 0) is 13.8 Å². The summed E-state index contributed by atoms with van der Waals surface area (Å²) in [6, 6.07) is 0. The first kappa shape index (κ1) is 10.8. The third kappa shape index (κ3) is 9.30. The maximum Gasteiger partial charge on any atom is 0.0745 e. The van der Waals surface area contributed by atoms with Crippen molar-refractivity contribution in [1.29, 1.82) is 0 Å². The molecule has 3 nitrogen and oxygen atoms in total. The molecule has 0 rings (SSSR count). The zero-order valence-electron chi connectivity index (χ0n) is 5.35. The lowest BCUT2D eigenvalue weighted by atomic mass is 10.4. The first-order chi connectivity index (χ1) is 3.27. The molecule has 0 amide bonds. The van der Waals surface area contributed by atoms with E-state index in [1.165, 1.54) is 0 Å². The van der Waals surface area contributed by atoms with E-state index in [4.69, 9.17) is 9.84 Å². The van der Waals surface area contributed by atoms with Crippen LogP contribution in [-0.2, 0) is 4.74 Å². The van der Waals surface area contributed by atoms with Gasteiger partial charge in [-0.25, -0.2) is 0 Å². The van der Waals surface area contributed by atoms with Gasteiger partial charge in [0.2, 0.25) is 0 Å². The minimum atomic E-state index is -0.319. The molecule has 8 heavy (non-hydrogen) atoms. The molecule has 52 valence electrons. The van der Waals surface area contributed by atoms with Crippen LogP contribution >= 0.6 is 0 Å². The van der Waals surface area contributed by atoms with Gasteiger partial charge in [-0.1, -0.05) is 0 Å². The molecule has 0 saturated carbocycles. The second-order valence-corrected chi connectivity index (χ2v) is 1.51. The van der Waals surface area contributed by atoms with Crippen molar-refractivity contribution in [3.63, 3.8) is 0 Å². The summed E-state index contributed by atoms with van der Waals surface area (Å²) < 4.78 is 4.84. The maximum atomic E-state index is 8.56. The highest BCUT2D eigenvalue weighted by atomic mass is 16.5. The van der Waals surface area contributed by atoms with Crippen LogP contribution in [0.15, 0.2) is 0 Å². The fourth-order valence-electron chi connectivity index (χ4n) is 0.288. The summed E-state index contributed by atoms with van der Waals surface area (Å²) >= 11 is 0. The van der Waals surface area contributed by atoms with Gasteiger partial charge in [0.15, 0.2) is 0 Å². The van der Waals surface area contributed by atoms with Crippen LogP contribution in [0.3, 0.4) is 0 Å². The standard InChI is InChI=1S/C5H12O2.H2O/c1-3-7-4-5(2)6;/h5-6H,3-4H2,1-2H3;1H2. The Kier molecular flexibility index (Phi) is 9.28. The predicted octanol–water partition coefficient (Wildman–Crippen LogP) is -0.421. The van der Waals surface area contributed by atoms with Gasteiger partial charge in [0.1, 0.15) is 0 Å². The molecule has 0 aromatic rings. The van der Waals surface area contributed by atoms with E-state index >= 15 is 0 Å². The van der Waals surface area contributed by atoms with Crippen LogP contribution in [0.25, 0.3) is 0 Å². The van der Waals surface area contributed by atoms with Crippen molar-refractivity contribution in [2.24, 2.45) is 0 Å². The summed E-state index contributed by atoms with van der Waals surface area (Å²) in [5.41, 5.74) is 0. The zero-order chi connectivity index (χ0) is 5.70. The molecule has 0 spiro atoms. The molecule has 0 bridgehead atoms. The Hall–Kier alpha value is -0.120. The lowest BCUT2D eigenvalue weighted by molar-refractivity contribution is 0.0527. The fraction of sp³-hybridized carbons (Fsp3) is 1.00. The summed E-state index contributed by atoms with van der Waals surface area (Å²) in [6.45, 7) is 4.75. The highest BCUT2D eigenvalue weighted by Gasteiger charge is 1.89. The van der Waals surface area contributed by atoms with Gasteiger partial charge in [-0.15, -0.1) is 0 Å². The summed E-state index contributed by atoms with van der Waals surface area (Å²) in [7, 11) is 0. The minimum absolute atomic E-state index is 0. The van der Waals surface area contributed by atoms with Crippen molar-refractivity contribution in [3.8, 4) is 0 Å². The number of aliphatic hydroxyl groups is 1. The normalized spacial score (nSPS) is 12.4. The van der Waals surface area contributed by atoms with Gasteiger partial charge in [0.05, 0.1) is 12.7 Å². The summed E-state index contributed by atoms with van der Waals surface area (Å²) in [4.78, 5) is 0. The average Bonchev–Trinajstić information content (AvgIpc) is 1.61. The SMILES string of the molecule is CCOCC(C)O.O. The Morgan fingerprint density at radius 2 is 2.12 bits per heavy atom. The van der Waals surface area contributed by atoms with Crippen molar-refractivity contribution in [3.05, 3.63) is 0 Å². The average molecular weight is 122 g/mol. The molecule has 0 aromatic carbocycles. The van der Waals surface area contributed by atoms with Crippen molar-refractivity contribution in [2.45, 2.75) is 20.0 Å². The molecule has 0 radical (unpaired) electrons. The highest BCUT2D eigenvalue weighted by Crippen LogP contribution is 1.79. The van der Waals surface area contributed by atoms with E-state index in [0.717, 1.165) is 0 Å². The predicted molar refractivity (Wildman–Crippen MR) is 31.8 cm³/mol. The molecule has 0 saturated heterocycles. The van der Waals surface area contributed by atoms with Crippen LogP contribution in [0, 0.1) is 0 Å². The highest BCUT2D eigenvalue weighted by molar-refractivity contribution is 4.38. The molecular formula is C5H14O3. The number of rotatable bonds is 3. The van der Waals surface area contributed by atoms with Gasteiger partial charge < -0.3 is 15.3 Å². The third-order valence-electron chi connectivity index (χ3n) is 0.563. The van der Waals surface area contributed by atoms with Crippen molar-refractivity contribution in [1.82, 2.24) is 0 Å². The van der Waals surface area contributed by atoms with E-state index in [9.17, 15) is 0 Å². The first-order valence-corrected chi connectivity index (χ1v) is 2.53. The monoisotopic (exact) mass is 122 g/mol. The molecule has 0 aliphatic rings. The van der Waals surface area contributed by atoms with Crippen molar-refractivity contribution >= 4 is 0 Å². The van der Waals surface area contributed by atoms with Crippen LogP contribution < -0.4 is 0 Å². The molecule has 1 unspecified atom stereocenters. The van der Waals surface area contributed by atoms with Crippen molar-refractivity contribution in [2.75, 3.05) is 13.2 Å². The molecule has 0 aromatic heterocycles. The van der Waals surface area contributed by atoms with E-state index in [-0.39, 0.29) is 11.6 Å². The van der Waals surface area contributed by atoms with Gasteiger partial charge in [0.25, 0.3) is 0 Å². The summed E-state index contributed by atoms with van der Waals surface area (Å²) in [6.07, 6.45) is -0.319. The molecule has 0 heterocycles. The number of hydrogen-bond donors (Lipinski definition) is 1. The molecule has 3 heteroatoms. The zero-order valence-corrected chi connectivity index (χ0v) is 5.35. The van der Waals surface area contributed by atoms with E-state index in [0.29, 0.717) is 13.2 Å². The lowest BCUT2D eigenvalue weighted by Gasteiger charge is -2.00. The summed E-state index contributed by atoms with van der Waals surface area (Å²) in [5.74, 6) is 0. The van der Waals surface area contributed by atoms with Crippen LogP contribution in [0.4, 0.5) is 0 Å². The number of hydrogen-bond acceptors (Lipinski definition) is 2. The molecule has 0 aliphatic carbocycles. The molecule has 0 fully saturated rings. The number of aliphatic hydroxyl groups excluding tert-OH is 1. The van der Waals surface area contributed by atoms with Gasteiger partial charge >= 0.3 is 0 Å². The summed E-state index contributed by atoms with van der Waals surface area (Å²) in [5, 5.41) is 8.56. The minimum Gasteiger partial charge on any atom is -0.412 e. The lowest BCUT2D eigenvalue weighted by Crippen LogP contribution is -2.09. The van der Waals surface area contributed by atoms with Crippen LogP contribution in [-0.4, -0.2) is 29.9 Å². The fourth-order valence-corrected chi connectivity index (χ4v) is 0.288. The smallest absolute Gasteiger partial charge is 0.0745 e. The number of ether oxygens (including phenoxy) is 1.